The maximum atomic E-state index is 14.1. The number of likely N-dealkylation sites (tertiary alicyclic amines) is 1. The van der Waals surface area contributed by atoms with E-state index in [2.05, 4.69) is 54.8 Å². The van der Waals surface area contributed by atoms with Gasteiger partial charge in [0.25, 0.3) is 0 Å². The van der Waals surface area contributed by atoms with E-state index in [4.69, 9.17) is 21.3 Å². The minimum absolute atomic E-state index is 0.104. The molecule has 0 amide bonds. The van der Waals surface area contributed by atoms with Crippen molar-refractivity contribution in [3.8, 4) is 5.88 Å². The first-order chi connectivity index (χ1) is 19.8. The molecule has 2 heterocycles. The molecule has 4 rings (SSSR count). The first-order valence-corrected chi connectivity index (χ1v) is 14.5. The largest absolute Gasteiger partial charge is 0.473 e. The zero-order chi connectivity index (χ0) is 29.4. The van der Waals surface area contributed by atoms with E-state index in [0.717, 1.165) is 68.8 Å². The number of aromatic nitrogens is 1. The van der Waals surface area contributed by atoms with Gasteiger partial charge in [-0.2, -0.15) is 0 Å². The Morgan fingerprint density at radius 2 is 1.93 bits per heavy atom. The van der Waals surface area contributed by atoms with Crippen molar-refractivity contribution in [3.05, 3.63) is 99.6 Å². The molecule has 1 aliphatic heterocycles. The Kier molecular flexibility index (Phi) is 10.8. The van der Waals surface area contributed by atoms with Crippen LogP contribution in [-0.4, -0.2) is 67.9 Å². The van der Waals surface area contributed by atoms with Crippen molar-refractivity contribution in [3.63, 3.8) is 0 Å². The lowest BCUT2D eigenvalue weighted by atomic mass is 9.93. The number of rotatable bonds is 12. The fraction of sp³-hybridized carbons (Fsp3) is 0.394. The number of ether oxygens (including phenoxy) is 1. The molecule has 2 aromatic carbocycles. The molecule has 1 saturated heterocycles. The number of nitrogens with zero attached hydrogens (tertiary/aromatic N) is 4. The Hall–Kier alpha value is -3.42. The summed E-state index contributed by atoms with van der Waals surface area (Å²) >= 11 is 5.85. The van der Waals surface area contributed by atoms with Crippen molar-refractivity contribution in [2.45, 2.75) is 39.2 Å². The fourth-order valence-electron chi connectivity index (χ4n) is 5.26. The Morgan fingerprint density at radius 1 is 1.15 bits per heavy atom. The van der Waals surface area contributed by atoms with Crippen LogP contribution in [0.5, 0.6) is 5.88 Å². The molecule has 1 aromatic heterocycles. The summed E-state index contributed by atoms with van der Waals surface area (Å²) in [5, 5.41) is 0.365. The highest BCUT2D eigenvalue weighted by molar-refractivity contribution is 6.30. The highest BCUT2D eigenvalue weighted by Crippen LogP contribution is 2.29. The molecule has 6 nitrogen and oxygen atoms in total. The SMILES string of the molecule is C/C=C(/CN(CCN1CCC(c2cccc(OCc3ccc(Cl)cc3F)n2)CC1)c1cc(C=O)ccc1C)N(C)C. The second-order valence-corrected chi connectivity index (χ2v) is 11.2. The van der Waals surface area contributed by atoms with Gasteiger partial charge in [0, 0.05) is 72.4 Å². The second kappa shape index (κ2) is 14.5. The molecule has 218 valence electrons. The van der Waals surface area contributed by atoms with Crippen LogP contribution in [0.4, 0.5) is 10.1 Å². The first-order valence-electron chi connectivity index (χ1n) is 14.2. The molecule has 1 fully saturated rings. The van der Waals surface area contributed by atoms with Crippen molar-refractivity contribution in [2.75, 3.05) is 51.7 Å². The van der Waals surface area contributed by atoms with Crippen LogP contribution in [0.2, 0.25) is 5.02 Å². The summed E-state index contributed by atoms with van der Waals surface area (Å²) in [7, 11) is 4.13. The molecular weight excluding hydrogens is 539 g/mol. The highest BCUT2D eigenvalue weighted by atomic mass is 35.5. The van der Waals surface area contributed by atoms with Crippen molar-refractivity contribution < 1.29 is 13.9 Å². The number of halogens is 2. The summed E-state index contributed by atoms with van der Waals surface area (Å²) in [6, 6.07) is 16.3. The summed E-state index contributed by atoms with van der Waals surface area (Å²) < 4.78 is 19.9. The van der Waals surface area contributed by atoms with E-state index in [-0.39, 0.29) is 12.4 Å². The quantitative estimate of drug-likeness (QED) is 0.222. The van der Waals surface area contributed by atoms with E-state index < -0.39 is 0 Å². The third-order valence-electron chi connectivity index (χ3n) is 7.80. The summed E-state index contributed by atoms with van der Waals surface area (Å²) in [6.07, 6.45) is 5.09. The van der Waals surface area contributed by atoms with Gasteiger partial charge in [-0.1, -0.05) is 41.9 Å². The molecule has 41 heavy (non-hydrogen) atoms. The standard InChI is InChI=1S/C33H40ClFN4O2/c1-5-29(37(3)4)21-39(32-19-25(22-40)10-9-24(32)2)18-17-38-15-13-26(14-16-38)31-7-6-8-33(36-31)41-23-27-11-12-28(34)20-30(27)35/h5-12,19-20,22,26H,13-18,21,23H2,1-4H3/b29-5-. The smallest absolute Gasteiger partial charge is 0.213 e. The second-order valence-electron chi connectivity index (χ2n) is 10.8. The van der Waals surface area contributed by atoms with Crippen molar-refractivity contribution in [2.24, 2.45) is 0 Å². The van der Waals surface area contributed by atoms with E-state index in [1.54, 1.807) is 12.1 Å². The van der Waals surface area contributed by atoms with Gasteiger partial charge in [-0.25, -0.2) is 9.37 Å². The number of anilines is 1. The minimum atomic E-state index is -0.380. The number of hydrogen-bond donors (Lipinski definition) is 0. The molecule has 0 radical (unpaired) electrons. The lowest BCUT2D eigenvalue weighted by Gasteiger charge is -2.35. The summed E-state index contributed by atoms with van der Waals surface area (Å²) in [5.74, 6) is 0.478. The van der Waals surface area contributed by atoms with Gasteiger partial charge in [0.05, 0.1) is 6.54 Å². The van der Waals surface area contributed by atoms with Crippen LogP contribution < -0.4 is 9.64 Å². The molecule has 8 heteroatoms. The van der Waals surface area contributed by atoms with Crippen LogP contribution in [0.1, 0.15) is 52.9 Å². The number of benzene rings is 2. The van der Waals surface area contributed by atoms with E-state index in [9.17, 15) is 9.18 Å². The number of carbonyl (C=O) groups is 1. The van der Waals surface area contributed by atoms with Crippen LogP contribution >= 0.6 is 11.6 Å². The van der Waals surface area contributed by atoms with Crippen molar-refractivity contribution in [1.82, 2.24) is 14.8 Å². The van der Waals surface area contributed by atoms with Crippen LogP contribution in [0.3, 0.4) is 0 Å². The van der Waals surface area contributed by atoms with E-state index in [1.807, 2.05) is 30.3 Å². The van der Waals surface area contributed by atoms with Gasteiger partial charge >= 0.3 is 0 Å². The van der Waals surface area contributed by atoms with Gasteiger partial charge in [-0.15, -0.1) is 0 Å². The van der Waals surface area contributed by atoms with Gasteiger partial charge in [-0.3, -0.25) is 4.79 Å². The third kappa shape index (κ3) is 8.30. The van der Waals surface area contributed by atoms with E-state index in [0.29, 0.717) is 27.9 Å². The number of likely N-dealkylation sites (N-methyl/N-ethyl adjacent to an activating group) is 1. The van der Waals surface area contributed by atoms with Crippen LogP contribution in [0.15, 0.2) is 66.4 Å². The molecule has 3 aromatic rings. The third-order valence-corrected chi connectivity index (χ3v) is 8.03. The summed E-state index contributed by atoms with van der Waals surface area (Å²) in [4.78, 5) is 23.3. The van der Waals surface area contributed by atoms with Crippen molar-refractivity contribution in [1.29, 1.82) is 0 Å². The van der Waals surface area contributed by atoms with Gasteiger partial charge in [0.15, 0.2) is 0 Å². The van der Waals surface area contributed by atoms with Gasteiger partial charge < -0.3 is 19.4 Å². The van der Waals surface area contributed by atoms with Gasteiger partial charge in [0.2, 0.25) is 5.88 Å². The Balaban J connectivity index is 1.35. The Morgan fingerprint density at radius 3 is 2.61 bits per heavy atom. The number of aryl methyl sites for hydroxylation is 1. The zero-order valence-corrected chi connectivity index (χ0v) is 25.2. The van der Waals surface area contributed by atoms with E-state index >= 15 is 0 Å². The molecule has 0 atom stereocenters. The van der Waals surface area contributed by atoms with Crippen LogP contribution in [-0.2, 0) is 6.61 Å². The molecule has 0 unspecified atom stereocenters. The Labute approximate surface area is 248 Å². The topological polar surface area (TPSA) is 48.9 Å². The number of piperidine rings is 1. The molecule has 0 saturated carbocycles. The first kappa shape index (κ1) is 30.5. The highest BCUT2D eigenvalue weighted by Gasteiger charge is 2.23. The molecule has 0 spiro atoms. The number of allylic oxidation sites excluding steroid dienone is 1. The average Bonchev–Trinajstić information content (AvgIpc) is 2.97. The average molecular weight is 579 g/mol. The Bertz CT molecular complexity index is 1350. The van der Waals surface area contributed by atoms with Crippen LogP contribution in [0, 0.1) is 12.7 Å². The number of pyridine rings is 1. The summed E-state index contributed by atoms with van der Waals surface area (Å²) in [5.41, 5.74) is 5.65. The maximum absolute atomic E-state index is 14.1. The van der Waals surface area contributed by atoms with E-state index in [1.165, 1.54) is 11.8 Å². The maximum Gasteiger partial charge on any atom is 0.213 e. The fourth-order valence-corrected chi connectivity index (χ4v) is 5.41. The number of aldehydes is 1. The van der Waals surface area contributed by atoms with Gasteiger partial charge in [0.1, 0.15) is 18.7 Å². The lowest BCUT2D eigenvalue weighted by Crippen LogP contribution is -2.41. The molecule has 0 aliphatic carbocycles. The molecule has 0 N–H and O–H groups in total. The number of hydrogen-bond acceptors (Lipinski definition) is 6. The molecule has 0 bridgehead atoms. The molecular formula is C33H40ClFN4O2. The monoisotopic (exact) mass is 578 g/mol. The van der Waals surface area contributed by atoms with Crippen LogP contribution in [0.25, 0.3) is 0 Å². The zero-order valence-electron chi connectivity index (χ0n) is 24.4. The molecule has 1 aliphatic rings. The summed E-state index contributed by atoms with van der Waals surface area (Å²) in [6.45, 7) is 8.82. The predicted octanol–water partition coefficient (Wildman–Crippen LogP) is 6.73. The minimum Gasteiger partial charge on any atom is -0.473 e. The number of carbonyl (C=O) groups excluding carboxylic acids is 1. The van der Waals surface area contributed by atoms with Crippen molar-refractivity contribution >= 4 is 23.6 Å². The normalized spacial score (nSPS) is 14.6. The predicted molar refractivity (Wildman–Crippen MR) is 165 cm³/mol. The lowest BCUT2D eigenvalue weighted by molar-refractivity contribution is 0.112. The van der Waals surface area contributed by atoms with Gasteiger partial charge in [-0.05, 0) is 69.6 Å².